The summed E-state index contributed by atoms with van der Waals surface area (Å²) in [4.78, 5) is 0. The van der Waals surface area contributed by atoms with Gasteiger partial charge in [0.15, 0.2) is 0 Å². The lowest BCUT2D eigenvalue weighted by Crippen LogP contribution is -1.81. The maximum atomic E-state index is 3.90. The first-order chi connectivity index (χ1) is 6.13. The Bertz CT molecular complexity index is 135. The minimum absolute atomic E-state index is 1.21. The molecule has 0 aliphatic rings. The van der Waals surface area contributed by atoms with Gasteiger partial charge in [-0.15, -0.1) is 13.2 Å². The van der Waals surface area contributed by atoms with Gasteiger partial charge in [0.2, 0.25) is 0 Å². The Hall–Kier alpha value is -0.520. The Morgan fingerprint density at radius 1 is 0.692 bits per heavy atom. The summed E-state index contributed by atoms with van der Waals surface area (Å²) >= 11 is 0. The summed E-state index contributed by atoms with van der Waals surface area (Å²) in [6, 6.07) is 0. The van der Waals surface area contributed by atoms with Crippen LogP contribution in [0.15, 0.2) is 24.3 Å². The Labute approximate surface area is 83.7 Å². The van der Waals surface area contributed by atoms with E-state index in [1.54, 1.807) is 0 Å². The number of rotatable bonds is 8. The maximum absolute atomic E-state index is 3.90. The van der Waals surface area contributed by atoms with Crippen LogP contribution in [0.4, 0.5) is 0 Å². The topological polar surface area (TPSA) is 0 Å². The van der Waals surface area contributed by atoms with Gasteiger partial charge in [-0.25, -0.2) is 0 Å². The van der Waals surface area contributed by atoms with Crippen LogP contribution in [0.1, 0.15) is 58.8 Å². The number of allylic oxidation sites excluding steroid dienone is 2. The van der Waals surface area contributed by atoms with Gasteiger partial charge in [-0.2, -0.15) is 0 Å². The second-order valence-electron chi connectivity index (χ2n) is 4.18. The molecule has 0 aromatic rings. The molecular weight excluding hydrogens is 156 g/mol. The summed E-state index contributed by atoms with van der Waals surface area (Å²) < 4.78 is 0. The summed E-state index contributed by atoms with van der Waals surface area (Å²) in [5.41, 5.74) is 2.64. The van der Waals surface area contributed by atoms with Crippen molar-refractivity contribution in [1.29, 1.82) is 0 Å². The van der Waals surface area contributed by atoms with E-state index < -0.39 is 0 Å². The largest absolute Gasteiger partial charge is 0.100 e. The zero-order valence-electron chi connectivity index (χ0n) is 9.36. The molecule has 0 unspecified atom stereocenters. The van der Waals surface area contributed by atoms with Gasteiger partial charge in [0, 0.05) is 0 Å². The molecule has 0 aliphatic heterocycles. The molecule has 0 aromatic carbocycles. The molecule has 0 aromatic heterocycles. The second-order valence-corrected chi connectivity index (χ2v) is 4.18. The van der Waals surface area contributed by atoms with Crippen LogP contribution in [0.2, 0.25) is 0 Å². The van der Waals surface area contributed by atoms with Gasteiger partial charge in [0.05, 0.1) is 0 Å². The minimum Gasteiger partial charge on any atom is -0.100 e. The van der Waals surface area contributed by atoms with Crippen molar-refractivity contribution in [3.05, 3.63) is 24.3 Å². The van der Waals surface area contributed by atoms with Gasteiger partial charge in [-0.05, 0) is 39.5 Å². The standard InChI is InChI=1S/C13H24/c1-12(2)10-8-6-5-7-9-11-13(3)4/h1,3,5-11H2,2,4H3. The van der Waals surface area contributed by atoms with Crippen molar-refractivity contribution < 1.29 is 0 Å². The van der Waals surface area contributed by atoms with E-state index in [0.29, 0.717) is 0 Å². The maximum Gasteiger partial charge on any atom is -0.0326 e. The van der Waals surface area contributed by atoms with Gasteiger partial charge < -0.3 is 0 Å². The Balaban J connectivity index is 3.00. The van der Waals surface area contributed by atoms with Crippen molar-refractivity contribution in [3.63, 3.8) is 0 Å². The highest BCUT2D eigenvalue weighted by molar-refractivity contribution is 4.87. The predicted molar refractivity (Wildman–Crippen MR) is 61.9 cm³/mol. The van der Waals surface area contributed by atoms with Crippen molar-refractivity contribution in [2.24, 2.45) is 0 Å². The molecule has 0 spiro atoms. The first-order valence-corrected chi connectivity index (χ1v) is 5.41. The molecule has 0 atom stereocenters. The highest BCUT2D eigenvalue weighted by Crippen LogP contribution is 2.11. The molecule has 0 heterocycles. The molecule has 0 fully saturated rings. The lowest BCUT2D eigenvalue weighted by Gasteiger charge is -2.01. The van der Waals surface area contributed by atoms with Gasteiger partial charge >= 0.3 is 0 Å². The molecule has 0 bridgehead atoms. The van der Waals surface area contributed by atoms with Gasteiger partial charge in [0.25, 0.3) is 0 Å². The van der Waals surface area contributed by atoms with Gasteiger partial charge in [0.1, 0.15) is 0 Å². The fourth-order valence-corrected chi connectivity index (χ4v) is 1.38. The molecule has 0 aliphatic carbocycles. The zero-order chi connectivity index (χ0) is 10.1. The van der Waals surface area contributed by atoms with E-state index in [2.05, 4.69) is 27.0 Å². The van der Waals surface area contributed by atoms with E-state index in [0.717, 1.165) is 0 Å². The van der Waals surface area contributed by atoms with Crippen LogP contribution < -0.4 is 0 Å². The first kappa shape index (κ1) is 12.5. The number of hydrogen-bond acceptors (Lipinski definition) is 0. The first-order valence-electron chi connectivity index (χ1n) is 5.41. The number of hydrogen-bond donors (Lipinski definition) is 0. The molecule has 0 N–H and O–H groups in total. The number of unbranched alkanes of at least 4 members (excludes halogenated alkanes) is 4. The third-order valence-electron chi connectivity index (χ3n) is 2.21. The quantitative estimate of drug-likeness (QED) is 0.369. The third-order valence-corrected chi connectivity index (χ3v) is 2.21. The van der Waals surface area contributed by atoms with Crippen LogP contribution in [0.3, 0.4) is 0 Å². The summed E-state index contributed by atoms with van der Waals surface area (Å²) in [5, 5.41) is 0. The van der Waals surface area contributed by atoms with Crippen LogP contribution >= 0.6 is 0 Å². The third kappa shape index (κ3) is 11.5. The van der Waals surface area contributed by atoms with E-state index in [-0.39, 0.29) is 0 Å². The van der Waals surface area contributed by atoms with E-state index in [1.165, 1.54) is 56.1 Å². The van der Waals surface area contributed by atoms with Crippen molar-refractivity contribution in [1.82, 2.24) is 0 Å². The smallest absolute Gasteiger partial charge is 0.0326 e. The molecule has 0 saturated carbocycles. The highest BCUT2D eigenvalue weighted by atomic mass is 14.0. The van der Waals surface area contributed by atoms with Crippen LogP contribution in [0.25, 0.3) is 0 Å². The Morgan fingerprint density at radius 3 is 1.31 bits per heavy atom. The van der Waals surface area contributed by atoms with Crippen molar-refractivity contribution >= 4 is 0 Å². The van der Waals surface area contributed by atoms with Gasteiger partial charge in [-0.3, -0.25) is 0 Å². The monoisotopic (exact) mass is 180 g/mol. The van der Waals surface area contributed by atoms with Crippen molar-refractivity contribution in [2.75, 3.05) is 0 Å². The SMILES string of the molecule is C=C(C)CCCCCCCC(=C)C. The Morgan fingerprint density at radius 2 is 1.00 bits per heavy atom. The second kappa shape index (κ2) is 8.10. The fraction of sp³-hybridized carbons (Fsp3) is 0.692. The van der Waals surface area contributed by atoms with Crippen LogP contribution in [0.5, 0.6) is 0 Å². The average Bonchev–Trinajstić information content (AvgIpc) is 2.01. The van der Waals surface area contributed by atoms with Crippen molar-refractivity contribution in [3.8, 4) is 0 Å². The van der Waals surface area contributed by atoms with E-state index in [9.17, 15) is 0 Å². The molecule has 76 valence electrons. The molecule has 0 amide bonds. The van der Waals surface area contributed by atoms with E-state index in [1.807, 2.05) is 0 Å². The summed E-state index contributed by atoms with van der Waals surface area (Å²) in [6.45, 7) is 12.0. The lowest BCUT2D eigenvalue weighted by atomic mass is 10.1. The molecule has 0 saturated heterocycles. The molecule has 0 rings (SSSR count). The summed E-state index contributed by atoms with van der Waals surface area (Å²) in [5.74, 6) is 0. The summed E-state index contributed by atoms with van der Waals surface area (Å²) in [6.07, 6.45) is 9.17. The molecule has 0 radical (unpaired) electrons. The average molecular weight is 180 g/mol. The zero-order valence-corrected chi connectivity index (χ0v) is 9.36. The molecule has 0 nitrogen and oxygen atoms in total. The van der Waals surface area contributed by atoms with Crippen LogP contribution in [-0.2, 0) is 0 Å². The van der Waals surface area contributed by atoms with Gasteiger partial charge in [-0.1, -0.05) is 30.4 Å². The van der Waals surface area contributed by atoms with E-state index in [4.69, 9.17) is 0 Å². The molecular formula is C13H24. The lowest BCUT2D eigenvalue weighted by molar-refractivity contribution is 0.612. The summed E-state index contributed by atoms with van der Waals surface area (Å²) in [7, 11) is 0. The molecule has 13 heavy (non-hydrogen) atoms. The fourth-order valence-electron chi connectivity index (χ4n) is 1.38. The van der Waals surface area contributed by atoms with Crippen LogP contribution in [0, 0.1) is 0 Å². The molecule has 0 heteroatoms. The normalized spacial score (nSPS) is 10.0. The van der Waals surface area contributed by atoms with E-state index >= 15 is 0 Å². The minimum atomic E-state index is 1.21. The predicted octanol–water partition coefficient (Wildman–Crippen LogP) is 4.87. The Kier molecular flexibility index (Phi) is 7.77. The van der Waals surface area contributed by atoms with Crippen molar-refractivity contribution in [2.45, 2.75) is 58.8 Å². The highest BCUT2D eigenvalue weighted by Gasteiger charge is 1.91. The van der Waals surface area contributed by atoms with Crippen LogP contribution in [-0.4, -0.2) is 0 Å².